The molecular formula is C2H7NO2. The minimum Gasteiger partial charge on any atom is -0.395 e. The van der Waals surface area contributed by atoms with Crippen molar-refractivity contribution in [3.63, 3.8) is 0 Å². The molecule has 0 radical (unpaired) electrons. The van der Waals surface area contributed by atoms with E-state index in [9.17, 15) is 0 Å². The number of hydroxylamine groups is 1. The SMILES string of the molecule is OCCNO. The van der Waals surface area contributed by atoms with Gasteiger partial charge in [-0.1, -0.05) is 0 Å². The lowest BCUT2D eigenvalue weighted by Gasteiger charge is -1.83. The molecular weight excluding hydrogens is 70.0 g/mol. The fraction of sp³-hybridized carbons (Fsp3) is 1.00. The Balaban J connectivity index is 2.19. The first-order chi connectivity index (χ1) is 2.41. The first-order valence-electron chi connectivity index (χ1n) is 1.39. The zero-order valence-electron chi connectivity index (χ0n) is 2.81. The molecule has 5 heavy (non-hydrogen) atoms. The molecule has 0 saturated carbocycles. The first kappa shape index (κ1) is 4.88. The van der Waals surface area contributed by atoms with Crippen molar-refractivity contribution in [3.8, 4) is 0 Å². The average molecular weight is 77.1 g/mol. The molecule has 0 bridgehead atoms. The molecule has 32 valence electrons. The fourth-order valence-corrected chi connectivity index (χ4v) is 0.0500. The number of rotatable bonds is 2. The highest BCUT2D eigenvalue weighted by Crippen LogP contribution is 1.42. The minimum atomic E-state index is -0.0174. The molecule has 0 spiro atoms. The summed E-state index contributed by atoms with van der Waals surface area (Å²) in [5.41, 5.74) is 1.77. The van der Waals surface area contributed by atoms with Crippen LogP contribution in [-0.4, -0.2) is 23.5 Å². The lowest BCUT2D eigenvalue weighted by molar-refractivity contribution is 0.140. The first-order valence-corrected chi connectivity index (χ1v) is 1.39. The van der Waals surface area contributed by atoms with Gasteiger partial charge in [0.2, 0.25) is 0 Å². The third kappa shape index (κ3) is 3.88. The average Bonchev–Trinajstić information content (AvgIpc) is 1.41. The monoisotopic (exact) mass is 77.0 g/mol. The summed E-state index contributed by atoms with van der Waals surface area (Å²) in [6.07, 6.45) is 0. The van der Waals surface area contributed by atoms with E-state index in [1.165, 1.54) is 0 Å². The zero-order valence-corrected chi connectivity index (χ0v) is 2.81. The summed E-state index contributed by atoms with van der Waals surface area (Å²) in [7, 11) is 0. The molecule has 3 nitrogen and oxygen atoms in total. The van der Waals surface area contributed by atoms with Crippen LogP contribution in [0.3, 0.4) is 0 Å². The van der Waals surface area contributed by atoms with E-state index < -0.39 is 0 Å². The number of hydrogen-bond donors (Lipinski definition) is 3. The molecule has 0 aromatic heterocycles. The van der Waals surface area contributed by atoms with Crippen LogP contribution < -0.4 is 5.48 Å². The number of aliphatic hydroxyl groups excluding tert-OH is 1. The summed E-state index contributed by atoms with van der Waals surface area (Å²) in [4.78, 5) is 0. The molecule has 0 aliphatic rings. The second-order valence-electron chi connectivity index (χ2n) is 0.632. The standard InChI is InChI=1S/C2H7NO2/c4-2-1-3-5/h3-5H,1-2H2. The summed E-state index contributed by atoms with van der Waals surface area (Å²) < 4.78 is 0. The molecule has 0 aliphatic heterocycles. The molecule has 0 aromatic rings. The van der Waals surface area contributed by atoms with Crippen LogP contribution in [0.2, 0.25) is 0 Å². The van der Waals surface area contributed by atoms with Gasteiger partial charge in [-0.25, -0.2) is 5.48 Å². The fourth-order valence-electron chi connectivity index (χ4n) is 0.0500. The van der Waals surface area contributed by atoms with Crippen LogP contribution in [0.1, 0.15) is 0 Å². The van der Waals surface area contributed by atoms with Gasteiger partial charge in [-0.05, 0) is 0 Å². The molecule has 0 rings (SSSR count). The van der Waals surface area contributed by atoms with Crippen LogP contribution in [0.15, 0.2) is 0 Å². The smallest absolute Gasteiger partial charge is 0.0579 e. The molecule has 0 unspecified atom stereocenters. The Morgan fingerprint density at radius 3 is 2.20 bits per heavy atom. The maximum absolute atomic E-state index is 7.84. The van der Waals surface area contributed by atoms with Crippen LogP contribution in [-0.2, 0) is 0 Å². The molecule has 0 fully saturated rings. The van der Waals surface area contributed by atoms with Gasteiger partial charge in [0.05, 0.1) is 6.61 Å². The van der Waals surface area contributed by atoms with Gasteiger partial charge in [0.15, 0.2) is 0 Å². The van der Waals surface area contributed by atoms with Crippen molar-refractivity contribution >= 4 is 0 Å². The van der Waals surface area contributed by atoms with Crippen molar-refractivity contribution in [1.82, 2.24) is 5.48 Å². The molecule has 3 heteroatoms. The maximum Gasteiger partial charge on any atom is 0.0579 e. The minimum absolute atomic E-state index is 0.0174. The Labute approximate surface area is 30.2 Å². The second-order valence-corrected chi connectivity index (χ2v) is 0.632. The van der Waals surface area contributed by atoms with E-state index in [4.69, 9.17) is 10.3 Å². The molecule has 0 heterocycles. The van der Waals surface area contributed by atoms with E-state index in [1.54, 1.807) is 5.48 Å². The van der Waals surface area contributed by atoms with Gasteiger partial charge in [0.25, 0.3) is 0 Å². The Kier molecular flexibility index (Phi) is 3.79. The second kappa shape index (κ2) is 3.88. The quantitative estimate of drug-likeness (QED) is 0.369. The van der Waals surface area contributed by atoms with Crippen molar-refractivity contribution in [3.05, 3.63) is 0 Å². The van der Waals surface area contributed by atoms with Crippen LogP contribution >= 0.6 is 0 Å². The van der Waals surface area contributed by atoms with Crippen molar-refractivity contribution in [1.29, 1.82) is 0 Å². The summed E-state index contributed by atoms with van der Waals surface area (Å²) >= 11 is 0. The molecule has 0 atom stereocenters. The highest BCUT2D eigenvalue weighted by Gasteiger charge is 1.67. The number of nitrogens with one attached hydrogen (secondary N) is 1. The third-order valence-electron chi connectivity index (χ3n) is 0.224. The van der Waals surface area contributed by atoms with E-state index >= 15 is 0 Å². The van der Waals surface area contributed by atoms with Crippen molar-refractivity contribution in [2.24, 2.45) is 0 Å². The van der Waals surface area contributed by atoms with Gasteiger partial charge in [-0.3, -0.25) is 0 Å². The highest BCUT2D eigenvalue weighted by atomic mass is 16.5. The Morgan fingerprint density at radius 2 is 2.20 bits per heavy atom. The van der Waals surface area contributed by atoms with Crippen LogP contribution in [0.25, 0.3) is 0 Å². The predicted octanol–water partition coefficient (Wildman–Crippen LogP) is -1.04. The Bertz CT molecular complexity index is 15.1. The number of aliphatic hydroxyl groups is 1. The number of hydrogen-bond acceptors (Lipinski definition) is 3. The molecule has 0 aromatic carbocycles. The highest BCUT2D eigenvalue weighted by molar-refractivity contribution is 4.20. The van der Waals surface area contributed by atoms with Gasteiger partial charge >= 0.3 is 0 Å². The van der Waals surface area contributed by atoms with Gasteiger partial charge in [0, 0.05) is 6.54 Å². The van der Waals surface area contributed by atoms with Gasteiger partial charge in [0.1, 0.15) is 0 Å². The Hall–Kier alpha value is -0.120. The van der Waals surface area contributed by atoms with Crippen LogP contribution in [0.5, 0.6) is 0 Å². The molecule has 0 amide bonds. The normalized spacial score (nSPS) is 8.40. The summed E-state index contributed by atoms with van der Waals surface area (Å²) in [6.45, 7) is 0.233. The lowest BCUT2D eigenvalue weighted by atomic mass is 10.8. The Morgan fingerprint density at radius 1 is 1.60 bits per heavy atom. The summed E-state index contributed by atoms with van der Waals surface area (Å²) in [5.74, 6) is 0. The van der Waals surface area contributed by atoms with Gasteiger partial charge in [-0.15, -0.1) is 0 Å². The van der Waals surface area contributed by atoms with Crippen molar-refractivity contribution < 1.29 is 10.3 Å². The van der Waals surface area contributed by atoms with E-state index in [2.05, 4.69) is 0 Å². The molecule has 0 aliphatic carbocycles. The molecule has 3 N–H and O–H groups in total. The summed E-state index contributed by atoms with van der Waals surface area (Å²) in [6, 6.07) is 0. The van der Waals surface area contributed by atoms with E-state index in [0.717, 1.165) is 0 Å². The zero-order chi connectivity index (χ0) is 4.12. The van der Waals surface area contributed by atoms with Gasteiger partial charge in [-0.2, -0.15) is 0 Å². The maximum atomic E-state index is 7.84. The lowest BCUT2D eigenvalue weighted by Crippen LogP contribution is -2.11. The van der Waals surface area contributed by atoms with Gasteiger partial charge < -0.3 is 10.3 Å². The van der Waals surface area contributed by atoms with E-state index in [0.29, 0.717) is 0 Å². The van der Waals surface area contributed by atoms with E-state index in [1.807, 2.05) is 0 Å². The topological polar surface area (TPSA) is 52.5 Å². The largest absolute Gasteiger partial charge is 0.395 e. The predicted molar refractivity (Wildman–Crippen MR) is 16.9 cm³/mol. The van der Waals surface area contributed by atoms with Crippen molar-refractivity contribution in [2.45, 2.75) is 0 Å². The summed E-state index contributed by atoms with van der Waals surface area (Å²) in [5, 5.41) is 15.5. The van der Waals surface area contributed by atoms with E-state index in [-0.39, 0.29) is 13.2 Å². The van der Waals surface area contributed by atoms with Crippen molar-refractivity contribution in [2.75, 3.05) is 13.2 Å². The van der Waals surface area contributed by atoms with Crippen LogP contribution in [0, 0.1) is 0 Å². The third-order valence-corrected chi connectivity index (χ3v) is 0.224. The molecule has 0 saturated heterocycles. The van der Waals surface area contributed by atoms with Crippen LogP contribution in [0.4, 0.5) is 0 Å².